The first-order valence-corrected chi connectivity index (χ1v) is 8.34. The van der Waals surface area contributed by atoms with Gasteiger partial charge in [0.05, 0.1) is 12.3 Å². The topological polar surface area (TPSA) is 43.2 Å². The van der Waals surface area contributed by atoms with Gasteiger partial charge in [0.15, 0.2) is 0 Å². The normalized spacial score (nSPS) is 16.5. The summed E-state index contributed by atoms with van der Waals surface area (Å²) in [5.74, 6) is 0.880. The summed E-state index contributed by atoms with van der Waals surface area (Å²) >= 11 is 0. The summed E-state index contributed by atoms with van der Waals surface area (Å²) in [5, 5.41) is 8.41. The van der Waals surface area contributed by atoms with Crippen molar-refractivity contribution in [1.29, 1.82) is 0 Å². The number of benzene rings is 1. The van der Waals surface area contributed by atoms with E-state index in [9.17, 15) is 0 Å². The molecule has 0 saturated carbocycles. The van der Waals surface area contributed by atoms with Crippen LogP contribution in [0.5, 0.6) is 5.75 Å². The van der Waals surface area contributed by atoms with Gasteiger partial charge >= 0.3 is 0 Å². The highest BCUT2D eigenvalue weighted by atomic mass is 16.5. The number of nitrogens with zero attached hydrogens (tertiary/aromatic N) is 4. The van der Waals surface area contributed by atoms with E-state index in [1.165, 1.54) is 5.69 Å². The van der Waals surface area contributed by atoms with Crippen LogP contribution in [-0.2, 0) is 6.54 Å². The minimum absolute atomic E-state index is 0.123. The Kier molecular flexibility index (Phi) is 4.04. The van der Waals surface area contributed by atoms with Crippen LogP contribution < -0.4 is 9.64 Å². The third-order valence-corrected chi connectivity index (χ3v) is 4.07. The first-order valence-electron chi connectivity index (χ1n) is 8.34. The average molecular weight is 314 g/mol. The van der Waals surface area contributed by atoms with Gasteiger partial charge in [-0.3, -0.25) is 4.68 Å². The largest absolute Gasteiger partial charge is 0.490 e. The molecular formula is C18H26N4O. The number of hydrogen-bond acceptors (Lipinski definition) is 4. The first-order chi connectivity index (χ1) is 10.9. The molecule has 0 bridgehead atoms. The third-order valence-electron chi connectivity index (χ3n) is 4.07. The maximum Gasteiger partial charge on any atom is 0.131 e. The standard InChI is InChI=1S/C18H26N4O/c1-6-22-10-16(19-20-22)15-8-7-14(9-17(15)23-13(2)3)21-11-18(4,5)12-21/h7-10,13H,6,11-12H2,1-5H3. The summed E-state index contributed by atoms with van der Waals surface area (Å²) in [7, 11) is 0. The van der Waals surface area contributed by atoms with Crippen molar-refractivity contribution in [2.75, 3.05) is 18.0 Å². The van der Waals surface area contributed by atoms with Crippen molar-refractivity contribution < 1.29 is 4.74 Å². The summed E-state index contributed by atoms with van der Waals surface area (Å²) in [4.78, 5) is 2.39. The summed E-state index contributed by atoms with van der Waals surface area (Å²) in [6.07, 6.45) is 2.09. The predicted molar refractivity (Wildman–Crippen MR) is 92.9 cm³/mol. The third kappa shape index (κ3) is 3.33. The molecule has 0 unspecified atom stereocenters. The summed E-state index contributed by atoms with van der Waals surface area (Å²) in [5.41, 5.74) is 3.48. The zero-order valence-electron chi connectivity index (χ0n) is 14.7. The smallest absolute Gasteiger partial charge is 0.131 e. The van der Waals surface area contributed by atoms with Gasteiger partial charge < -0.3 is 9.64 Å². The molecular weight excluding hydrogens is 288 g/mol. The van der Waals surface area contributed by atoms with Gasteiger partial charge in [0.2, 0.25) is 0 Å². The van der Waals surface area contributed by atoms with E-state index in [-0.39, 0.29) is 6.10 Å². The molecule has 0 radical (unpaired) electrons. The van der Waals surface area contributed by atoms with E-state index in [0.29, 0.717) is 5.41 Å². The molecule has 1 aromatic carbocycles. The second-order valence-corrected chi connectivity index (χ2v) is 7.33. The Hall–Kier alpha value is -2.04. The molecule has 5 nitrogen and oxygen atoms in total. The Morgan fingerprint density at radius 2 is 2.00 bits per heavy atom. The second kappa shape index (κ2) is 5.87. The van der Waals surface area contributed by atoms with Crippen molar-refractivity contribution in [1.82, 2.24) is 15.0 Å². The van der Waals surface area contributed by atoms with Gasteiger partial charge in [0, 0.05) is 37.0 Å². The van der Waals surface area contributed by atoms with Gasteiger partial charge in [-0.05, 0) is 38.3 Å². The van der Waals surface area contributed by atoms with Crippen molar-refractivity contribution in [2.24, 2.45) is 5.41 Å². The van der Waals surface area contributed by atoms with E-state index in [0.717, 1.165) is 36.6 Å². The molecule has 124 valence electrons. The van der Waals surface area contributed by atoms with Gasteiger partial charge in [0.25, 0.3) is 0 Å². The molecule has 3 rings (SSSR count). The Labute approximate surface area is 138 Å². The molecule has 1 aliphatic heterocycles. The van der Waals surface area contributed by atoms with Crippen LogP contribution in [0.25, 0.3) is 11.3 Å². The van der Waals surface area contributed by atoms with Crippen molar-refractivity contribution in [2.45, 2.75) is 47.3 Å². The van der Waals surface area contributed by atoms with Crippen molar-refractivity contribution in [3.8, 4) is 17.0 Å². The van der Waals surface area contributed by atoms with Crippen LogP contribution in [0, 0.1) is 5.41 Å². The quantitative estimate of drug-likeness (QED) is 0.846. The van der Waals surface area contributed by atoms with Crippen LogP contribution in [0.1, 0.15) is 34.6 Å². The van der Waals surface area contributed by atoms with E-state index >= 15 is 0 Å². The molecule has 0 amide bonds. The van der Waals surface area contributed by atoms with Crippen molar-refractivity contribution in [3.05, 3.63) is 24.4 Å². The number of anilines is 1. The van der Waals surface area contributed by atoms with E-state index in [2.05, 4.69) is 54.2 Å². The second-order valence-electron chi connectivity index (χ2n) is 7.33. The predicted octanol–water partition coefficient (Wildman–Crippen LogP) is 3.60. The zero-order valence-corrected chi connectivity index (χ0v) is 14.7. The molecule has 0 atom stereocenters. The summed E-state index contributed by atoms with van der Waals surface area (Å²) < 4.78 is 7.88. The molecule has 0 N–H and O–H groups in total. The highest BCUT2D eigenvalue weighted by Gasteiger charge is 2.34. The number of hydrogen-bond donors (Lipinski definition) is 0. The number of rotatable bonds is 5. The summed E-state index contributed by atoms with van der Waals surface area (Å²) in [6.45, 7) is 13.7. The molecule has 1 aromatic heterocycles. The van der Waals surface area contributed by atoms with Gasteiger partial charge in [-0.15, -0.1) is 5.10 Å². The highest BCUT2D eigenvalue weighted by Crippen LogP contribution is 2.38. The first kappa shape index (κ1) is 15.8. The van der Waals surface area contributed by atoms with Gasteiger partial charge in [-0.1, -0.05) is 19.1 Å². The SMILES string of the molecule is CCn1cc(-c2ccc(N3CC(C)(C)C3)cc2OC(C)C)nn1. The van der Waals surface area contributed by atoms with Crippen LogP contribution in [-0.4, -0.2) is 34.2 Å². The van der Waals surface area contributed by atoms with E-state index < -0.39 is 0 Å². The lowest BCUT2D eigenvalue weighted by atomic mass is 9.84. The molecule has 5 heteroatoms. The zero-order chi connectivity index (χ0) is 16.6. The number of aryl methyl sites for hydroxylation is 1. The molecule has 2 aromatic rings. The Morgan fingerprint density at radius 1 is 1.26 bits per heavy atom. The van der Waals surface area contributed by atoms with Gasteiger partial charge in [-0.25, -0.2) is 0 Å². The fourth-order valence-electron chi connectivity index (χ4n) is 3.02. The van der Waals surface area contributed by atoms with Crippen molar-refractivity contribution in [3.63, 3.8) is 0 Å². The monoisotopic (exact) mass is 314 g/mol. The van der Waals surface area contributed by atoms with E-state index in [4.69, 9.17) is 4.74 Å². The molecule has 1 fully saturated rings. The average Bonchev–Trinajstić information content (AvgIpc) is 2.92. The summed E-state index contributed by atoms with van der Waals surface area (Å²) in [6, 6.07) is 6.39. The minimum Gasteiger partial charge on any atom is -0.490 e. The van der Waals surface area contributed by atoms with Crippen LogP contribution in [0.4, 0.5) is 5.69 Å². The fraction of sp³-hybridized carbons (Fsp3) is 0.556. The van der Waals surface area contributed by atoms with Gasteiger partial charge in [0.1, 0.15) is 11.4 Å². The fourth-order valence-corrected chi connectivity index (χ4v) is 3.02. The molecule has 1 aliphatic rings. The van der Waals surface area contributed by atoms with Gasteiger partial charge in [-0.2, -0.15) is 0 Å². The van der Waals surface area contributed by atoms with Crippen LogP contribution >= 0.6 is 0 Å². The van der Waals surface area contributed by atoms with E-state index in [1.807, 2.05) is 24.7 Å². The Balaban J connectivity index is 1.92. The van der Waals surface area contributed by atoms with Crippen LogP contribution in [0.2, 0.25) is 0 Å². The number of ether oxygens (including phenoxy) is 1. The number of aromatic nitrogens is 3. The lowest BCUT2D eigenvalue weighted by Crippen LogP contribution is -2.53. The Morgan fingerprint density at radius 3 is 2.57 bits per heavy atom. The van der Waals surface area contributed by atoms with E-state index in [1.54, 1.807) is 0 Å². The minimum atomic E-state index is 0.123. The molecule has 23 heavy (non-hydrogen) atoms. The molecule has 2 heterocycles. The van der Waals surface area contributed by atoms with Crippen molar-refractivity contribution >= 4 is 5.69 Å². The lowest BCUT2D eigenvalue weighted by molar-refractivity contribution is 0.242. The van der Waals surface area contributed by atoms with Crippen LogP contribution in [0.15, 0.2) is 24.4 Å². The Bertz CT molecular complexity index is 682. The maximum absolute atomic E-state index is 6.05. The molecule has 0 spiro atoms. The molecule has 1 saturated heterocycles. The molecule has 0 aliphatic carbocycles. The maximum atomic E-state index is 6.05. The van der Waals surface area contributed by atoms with Crippen LogP contribution in [0.3, 0.4) is 0 Å². The highest BCUT2D eigenvalue weighted by molar-refractivity contribution is 5.71. The lowest BCUT2D eigenvalue weighted by Gasteiger charge is -2.47.